The minimum absolute atomic E-state index is 0.0602. The summed E-state index contributed by atoms with van der Waals surface area (Å²) in [4.78, 5) is 2.66. The third-order valence-corrected chi connectivity index (χ3v) is 7.52. The van der Waals surface area contributed by atoms with Crippen molar-refractivity contribution in [1.82, 2.24) is 4.90 Å². The topological polar surface area (TPSA) is 23.5 Å². The van der Waals surface area contributed by atoms with E-state index in [1.807, 2.05) is 12.1 Å². The van der Waals surface area contributed by atoms with Crippen LogP contribution in [0.5, 0.6) is 0 Å². The summed E-state index contributed by atoms with van der Waals surface area (Å²) in [5, 5.41) is 12.6. The number of hydrogen-bond acceptors (Lipinski definition) is 2. The molecule has 2 bridgehead atoms. The van der Waals surface area contributed by atoms with Crippen LogP contribution >= 0.6 is 0 Å². The van der Waals surface area contributed by atoms with Crippen LogP contribution in [-0.4, -0.2) is 22.1 Å². The number of fused-ring (bicyclic) bond motifs is 3. The zero-order valence-corrected chi connectivity index (χ0v) is 17.7. The molecule has 0 radical (unpaired) electrons. The quantitative estimate of drug-likeness (QED) is 0.577. The molecule has 0 aromatic heterocycles. The van der Waals surface area contributed by atoms with E-state index in [2.05, 4.69) is 90.7 Å². The molecule has 1 N–H and O–H groups in total. The van der Waals surface area contributed by atoms with Gasteiger partial charge < -0.3 is 5.11 Å². The number of aliphatic hydroxyl groups is 1. The predicted molar refractivity (Wildman–Crippen MR) is 122 cm³/mol. The SMILES string of the molecule is C[C@@H](c1ccccc1)N1C2CCC(CC2)[C@@H]1C(O)(c1ccccc1)c1ccccc1. The maximum atomic E-state index is 12.6. The molecule has 2 nitrogen and oxygen atoms in total. The van der Waals surface area contributed by atoms with E-state index in [1.54, 1.807) is 0 Å². The Morgan fingerprint density at radius 3 is 1.70 bits per heavy atom. The van der Waals surface area contributed by atoms with Crippen molar-refractivity contribution in [2.45, 2.75) is 56.3 Å². The van der Waals surface area contributed by atoms with Crippen LogP contribution < -0.4 is 0 Å². The lowest BCUT2D eigenvalue weighted by Crippen LogP contribution is -2.64. The largest absolute Gasteiger partial charge is 0.379 e. The van der Waals surface area contributed by atoms with E-state index < -0.39 is 5.60 Å². The van der Waals surface area contributed by atoms with Gasteiger partial charge in [0.2, 0.25) is 0 Å². The molecule has 3 aromatic carbocycles. The highest BCUT2D eigenvalue weighted by Crippen LogP contribution is 2.51. The Morgan fingerprint density at radius 1 is 0.733 bits per heavy atom. The molecule has 2 saturated heterocycles. The third kappa shape index (κ3) is 3.19. The minimum atomic E-state index is -1.03. The van der Waals surface area contributed by atoms with Gasteiger partial charge in [-0.15, -0.1) is 0 Å². The van der Waals surface area contributed by atoms with Crippen molar-refractivity contribution in [1.29, 1.82) is 0 Å². The number of benzene rings is 3. The lowest BCUT2D eigenvalue weighted by molar-refractivity contribution is -0.130. The van der Waals surface area contributed by atoms with Crippen LogP contribution in [0.25, 0.3) is 0 Å². The van der Waals surface area contributed by atoms with Gasteiger partial charge in [-0.05, 0) is 55.2 Å². The van der Waals surface area contributed by atoms with Gasteiger partial charge in [-0.25, -0.2) is 0 Å². The van der Waals surface area contributed by atoms with Gasteiger partial charge in [-0.2, -0.15) is 0 Å². The lowest BCUT2D eigenvalue weighted by atomic mass is 9.64. The number of hydrogen-bond donors (Lipinski definition) is 1. The van der Waals surface area contributed by atoms with Gasteiger partial charge in [0, 0.05) is 12.1 Å². The average molecular weight is 398 g/mol. The molecular weight excluding hydrogens is 366 g/mol. The molecule has 1 aliphatic carbocycles. The van der Waals surface area contributed by atoms with Gasteiger partial charge in [-0.3, -0.25) is 4.90 Å². The van der Waals surface area contributed by atoms with Crippen LogP contribution in [0, 0.1) is 5.92 Å². The van der Waals surface area contributed by atoms with Crippen LogP contribution in [0.3, 0.4) is 0 Å². The summed E-state index contributed by atoms with van der Waals surface area (Å²) >= 11 is 0. The number of rotatable bonds is 5. The van der Waals surface area contributed by atoms with E-state index in [-0.39, 0.29) is 12.1 Å². The molecule has 30 heavy (non-hydrogen) atoms. The Bertz CT molecular complexity index is 908. The van der Waals surface area contributed by atoms with Crippen molar-refractivity contribution < 1.29 is 5.11 Å². The molecule has 3 aromatic rings. The van der Waals surface area contributed by atoms with E-state index in [4.69, 9.17) is 0 Å². The number of piperidine rings is 2. The van der Waals surface area contributed by atoms with Crippen LogP contribution in [0.15, 0.2) is 91.0 Å². The van der Waals surface area contributed by atoms with Crippen molar-refractivity contribution in [3.05, 3.63) is 108 Å². The molecule has 1 saturated carbocycles. The first-order valence-electron chi connectivity index (χ1n) is 11.4. The van der Waals surface area contributed by atoms with Gasteiger partial charge in [0.15, 0.2) is 0 Å². The van der Waals surface area contributed by atoms with Gasteiger partial charge in [-0.1, -0.05) is 91.0 Å². The molecule has 0 amide bonds. The third-order valence-electron chi connectivity index (χ3n) is 7.52. The molecule has 0 unspecified atom stereocenters. The zero-order valence-electron chi connectivity index (χ0n) is 17.7. The predicted octanol–water partition coefficient (Wildman–Crippen LogP) is 5.93. The minimum Gasteiger partial charge on any atom is -0.379 e. The molecule has 2 atom stereocenters. The molecule has 3 fully saturated rings. The molecule has 2 heteroatoms. The summed E-state index contributed by atoms with van der Waals surface area (Å²) < 4.78 is 0. The molecular formula is C28H31NO. The van der Waals surface area contributed by atoms with E-state index in [1.165, 1.54) is 31.2 Å². The van der Waals surface area contributed by atoms with Gasteiger partial charge in [0.05, 0.1) is 6.04 Å². The highest BCUT2D eigenvalue weighted by atomic mass is 16.3. The Morgan fingerprint density at radius 2 is 1.20 bits per heavy atom. The fourth-order valence-corrected chi connectivity index (χ4v) is 6.10. The first-order valence-corrected chi connectivity index (χ1v) is 11.4. The Kier molecular flexibility index (Phi) is 5.22. The van der Waals surface area contributed by atoms with E-state index in [0.29, 0.717) is 12.0 Å². The fourth-order valence-electron chi connectivity index (χ4n) is 6.10. The van der Waals surface area contributed by atoms with Crippen molar-refractivity contribution in [2.24, 2.45) is 5.92 Å². The lowest BCUT2D eigenvalue weighted by Gasteiger charge is -2.59. The van der Waals surface area contributed by atoms with Crippen LogP contribution in [-0.2, 0) is 5.60 Å². The van der Waals surface area contributed by atoms with Crippen molar-refractivity contribution in [3.63, 3.8) is 0 Å². The monoisotopic (exact) mass is 397 g/mol. The second kappa shape index (κ2) is 8.02. The Balaban J connectivity index is 1.66. The molecule has 6 rings (SSSR count). The van der Waals surface area contributed by atoms with Crippen LogP contribution in [0.1, 0.15) is 55.3 Å². The van der Waals surface area contributed by atoms with Crippen molar-refractivity contribution in [3.8, 4) is 0 Å². The summed E-state index contributed by atoms with van der Waals surface area (Å²) in [6.45, 7) is 2.32. The van der Waals surface area contributed by atoms with E-state index >= 15 is 0 Å². The van der Waals surface area contributed by atoms with Crippen LogP contribution in [0.2, 0.25) is 0 Å². The van der Waals surface area contributed by atoms with E-state index in [9.17, 15) is 5.11 Å². The molecule has 2 aliphatic heterocycles. The molecule has 0 spiro atoms. The normalized spacial score (nSPS) is 25.2. The maximum Gasteiger partial charge on any atom is 0.130 e. The smallest absolute Gasteiger partial charge is 0.130 e. The zero-order chi connectivity index (χ0) is 20.6. The van der Waals surface area contributed by atoms with Gasteiger partial charge in [0.25, 0.3) is 0 Å². The first kappa shape index (κ1) is 19.5. The summed E-state index contributed by atoms with van der Waals surface area (Å²) in [6, 6.07) is 32.3. The molecule has 3 aliphatic rings. The average Bonchev–Trinajstić information content (AvgIpc) is 2.85. The number of nitrogens with zero attached hydrogens (tertiary/aromatic N) is 1. The summed E-state index contributed by atoms with van der Waals surface area (Å²) in [6.07, 6.45) is 4.88. The second-order valence-corrected chi connectivity index (χ2v) is 9.05. The highest BCUT2D eigenvalue weighted by molar-refractivity contribution is 5.39. The van der Waals surface area contributed by atoms with Crippen molar-refractivity contribution in [2.75, 3.05) is 0 Å². The maximum absolute atomic E-state index is 12.6. The summed E-state index contributed by atoms with van der Waals surface area (Å²) in [7, 11) is 0. The fraction of sp³-hybridized carbons (Fsp3) is 0.357. The Labute approximate surface area is 180 Å². The first-order chi connectivity index (χ1) is 14.7. The summed E-state index contributed by atoms with van der Waals surface area (Å²) in [5.41, 5.74) is 2.30. The van der Waals surface area contributed by atoms with Crippen molar-refractivity contribution >= 4 is 0 Å². The summed E-state index contributed by atoms with van der Waals surface area (Å²) in [5.74, 6) is 0.492. The standard InChI is InChI=1S/C28H31NO/c1-21(22-11-5-2-6-12-22)29-26-19-17-23(18-20-26)27(29)28(30,24-13-7-3-8-14-24)25-15-9-4-10-16-25/h2-16,21,23,26-27,30H,17-20H2,1H3/t21-,23?,26?,27+/m0/s1. The van der Waals surface area contributed by atoms with E-state index in [0.717, 1.165) is 11.1 Å². The molecule has 2 heterocycles. The molecule has 154 valence electrons. The Hall–Kier alpha value is -2.42. The van der Waals surface area contributed by atoms with Gasteiger partial charge in [0.1, 0.15) is 5.60 Å². The van der Waals surface area contributed by atoms with Gasteiger partial charge >= 0.3 is 0 Å². The second-order valence-electron chi connectivity index (χ2n) is 9.05. The van der Waals surface area contributed by atoms with Crippen LogP contribution in [0.4, 0.5) is 0 Å². The highest BCUT2D eigenvalue weighted by Gasteiger charge is 2.54.